The van der Waals surface area contributed by atoms with Crippen LogP contribution in [0.25, 0.3) is 0 Å². The van der Waals surface area contributed by atoms with E-state index in [4.69, 9.17) is 5.73 Å². The van der Waals surface area contributed by atoms with Crippen molar-refractivity contribution < 1.29 is 4.79 Å². The summed E-state index contributed by atoms with van der Waals surface area (Å²) in [6, 6.07) is 0.836. The van der Waals surface area contributed by atoms with Crippen molar-refractivity contribution in [2.24, 2.45) is 12.8 Å². The van der Waals surface area contributed by atoms with E-state index in [1.54, 1.807) is 0 Å². The highest BCUT2D eigenvalue weighted by Crippen LogP contribution is 2.26. The molecular weight excluding hydrogens is 254 g/mol. The van der Waals surface area contributed by atoms with E-state index >= 15 is 0 Å². The molecule has 0 saturated heterocycles. The Morgan fingerprint density at radius 3 is 2.70 bits per heavy atom. The molecule has 3 N–H and O–H groups in total. The fourth-order valence-corrected chi connectivity index (χ4v) is 2.46. The molecule has 1 heterocycles. The maximum atomic E-state index is 11.3. The quantitative estimate of drug-likeness (QED) is 0.769. The maximum Gasteiger partial charge on any atom is 0.237 e. The first-order valence-corrected chi connectivity index (χ1v) is 7.21. The SMILES string of the molecule is Cc1nn(C)c(N(CC(N)=O)C(C)C)c1CNC1CC1. The van der Waals surface area contributed by atoms with Crippen molar-refractivity contribution in [2.45, 2.75) is 52.2 Å². The highest BCUT2D eigenvalue weighted by atomic mass is 16.1. The third-order valence-corrected chi connectivity index (χ3v) is 3.68. The van der Waals surface area contributed by atoms with Gasteiger partial charge in [0.05, 0.1) is 12.2 Å². The van der Waals surface area contributed by atoms with Crippen LogP contribution in [0.5, 0.6) is 0 Å². The van der Waals surface area contributed by atoms with Gasteiger partial charge in [0.25, 0.3) is 0 Å². The van der Waals surface area contributed by atoms with Crippen molar-refractivity contribution in [1.82, 2.24) is 15.1 Å². The highest BCUT2D eigenvalue weighted by molar-refractivity contribution is 5.79. The van der Waals surface area contributed by atoms with Gasteiger partial charge in [0.1, 0.15) is 5.82 Å². The number of aryl methyl sites for hydroxylation is 2. The highest BCUT2D eigenvalue weighted by Gasteiger charge is 2.25. The molecule has 1 saturated carbocycles. The van der Waals surface area contributed by atoms with Gasteiger partial charge >= 0.3 is 0 Å². The average Bonchev–Trinajstić information content (AvgIpc) is 3.10. The Labute approximate surface area is 120 Å². The van der Waals surface area contributed by atoms with Gasteiger partial charge in [-0.25, -0.2) is 0 Å². The molecule has 2 rings (SSSR count). The molecule has 1 fully saturated rings. The van der Waals surface area contributed by atoms with E-state index in [0.717, 1.165) is 23.6 Å². The topological polar surface area (TPSA) is 76.2 Å². The van der Waals surface area contributed by atoms with E-state index in [-0.39, 0.29) is 18.5 Å². The van der Waals surface area contributed by atoms with Crippen molar-refractivity contribution in [2.75, 3.05) is 11.4 Å². The van der Waals surface area contributed by atoms with E-state index in [1.165, 1.54) is 12.8 Å². The van der Waals surface area contributed by atoms with Gasteiger partial charge < -0.3 is 16.0 Å². The van der Waals surface area contributed by atoms with Crippen LogP contribution in [-0.2, 0) is 18.4 Å². The molecule has 1 aliphatic carbocycles. The minimum absolute atomic E-state index is 0.192. The molecule has 0 unspecified atom stereocenters. The molecule has 0 radical (unpaired) electrons. The van der Waals surface area contributed by atoms with Crippen molar-refractivity contribution in [3.8, 4) is 0 Å². The lowest BCUT2D eigenvalue weighted by Gasteiger charge is -2.28. The summed E-state index contributed by atoms with van der Waals surface area (Å²) in [5.74, 6) is 0.670. The van der Waals surface area contributed by atoms with Crippen LogP contribution >= 0.6 is 0 Å². The Balaban J connectivity index is 2.28. The standard InChI is InChI=1S/C14H25N5O/c1-9(2)19(8-13(15)20)14-12(7-16-11-5-6-11)10(3)17-18(14)4/h9,11,16H,5-8H2,1-4H3,(H2,15,20). The predicted molar refractivity (Wildman–Crippen MR) is 79.5 cm³/mol. The van der Waals surface area contributed by atoms with Gasteiger partial charge in [-0.2, -0.15) is 5.10 Å². The number of carbonyl (C=O) groups excluding carboxylic acids is 1. The molecule has 1 aliphatic rings. The van der Waals surface area contributed by atoms with Gasteiger partial charge in [-0.1, -0.05) is 0 Å². The minimum atomic E-state index is -0.321. The van der Waals surface area contributed by atoms with Crippen LogP contribution < -0.4 is 16.0 Å². The largest absolute Gasteiger partial charge is 0.368 e. The zero-order valence-electron chi connectivity index (χ0n) is 12.8. The smallest absolute Gasteiger partial charge is 0.237 e. The monoisotopic (exact) mass is 279 g/mol. The van der Waals surface area contributed by atoms with Crippen molar-refractivity contribution in [1.29, 1.82) is 0 Å². The number of rotatable bonds is 7. The lowest BCUT2D eigenvalue weighted by molar-refractivity contribution is -0.116. The summed E-state index contributed by atoms with van der Waals surface area (Å²) in [7, 11) is 1.92. The number of anilines is 1. The molecule has 1 aromatic heterocycles. The van der Waals surface area contributed by atoms with Gasteiger partial charge in [0.2, 0.25) is 5.91 Å². The number of nitrogens with two attached hydrogens (primary N) is 1. The van der Waals surface area contributed by atoms with Crippen molar-refractivity contribution in [3.63, 3.8) is 0 Å². The molecule has 0 atom stereocenters. The predicted octanol–water partition coefficient (Wildman–Crippen LogP) is 0.681. The zero-order chi connectivity index (χ0) is 14.9. The normalized spacial score (nSPS) is 14.8. The third-order valence-electron chi connectivity index (χ3n) is 3.68. The Bertz CT molecular complexity index is 490. The molecule has 0 bridgehead atoms. The van der Waals surface area contributed by atoms with E-state index < -0.39 is 0 Å². The lowest BCUT2D eigenvalue weighted by Crippen LogP contribution is -2.40. The Morgan fingerprint density at radius 1 is 1.55 bits per heavy atom. The Kier molecular flexibility index (Phi) is 4.32. The second-order valence-corrected chi connectivity index (χ2v) is 5.85. The van der Waals surface area contributed by atoms with E-state index in [0.29, 0.717) is 6.04 Å². The maximum absolute atomic E-state index is 11.3. The first-order valence-electron chi connectivity index (χ1n) is 7.21. The van der Waals surface area contributed by atoms with Gasteiger partial charge in [0, 0.05) is 31.2 Å². The summed E-state index contributed by atoms with van der Waals surface area (Å²) in [4.78, 5) is 13.3. The first kappa shape index (κ1) is 14.8. The zero-order valence-corrected chi connectivity index (χ0v) is 12.8. The van der Waals surface area contributed by atoms with E-state index in [2.05, 4.69) is 24.3 Å². The number of hydrogen-bond donors (Lipinski definition) is 2. The number of aromatic nitrogens is 2. The summed E-state index contributed by atoms with van der Waals surface area (Å²) in [5.41, 5.74) is 7.55. The number of primary amides is 1. The van der Waals surface area contributed by atoms with Crippen LogP contribution in [0.1, 0.15) is 37.9 Å². The summed E-state index contributed by atoms with van der Waals surface area (Å²) >= 11 is 0. The fourth-order valence-electron chi connectivity index (χ4n) is 2.46. The molecule has 0 spiro atoms. The van der Waals surface area contributed by atoms with Gasteiger partial charge in [-0.15, -0.1) is 0 Å². The van der Waals surface area contributed by atoms with Gasteiger partial charge in [-0.3, -0.25) is 9.48 Å². The van der Waals surface area contributed by atoms with Crippen LogP contribution in [0.15, 0.2) is 0 Å². The summed E-state index contributed by atoms with van der Waals surface area (Å²) in [5, 5.41) is 8.02. The number of amides is 1. The van der Waals surface area contributed by atoms with Gasteiger partial charge in [-0.05, 0) is 33.6 Å². The van der Waals surface area contributed by atoms with E-state index in [9.17, 15) is 4.79 Å². The second-order valence-electron chi connectivity index (χ2n) is 5.85. The number of carbonyl (C=O) groups is 1. The Hall–Kier alpha value is -1.56. The molecule has 1 amide bonds. The number of nitrogens with one attached hydrogen (secondary N) is 1. The molecule has 1 aromatic rings. The molecule has 0 aliphatic heterocycles. The van der Waals surface area contributed by atoms with E-state index in [1.807, 2.05) is 23.6 Å². The van der Waals surface area contributed by atoms with Crippen LogP contribution in [0.3, 0.4) is 0 Å². The molecule has 6 nitrogen and oxygen atoms in total. The third kappa shape index (κ3) is 3.30. The molecule has 0 aromatic carbocycles. The summed E-state index contributed by atoms with van der Waals surface area (Å²) in [6.07, 6.45) is 2.51. The fraction of sp³-hybridized carbons (Fsp3) is 0.714. The summed E-state index contributed by atoms with van der Waals surface area (Å²) < 4.78 is 1.85. The molecule has 6 heteroatoms. The molecule has 20 heavy (non-hydrogen) atoms. The molecule has 112 valence electrons. The second kappa shape index (κ2) is 5.83. The van der Waals surface area contributed by atoms with Crippen molar-refractivity contribution in [3.05, 3.63) is 11.3 Å². The van der Waals surface area contributed by atoms with Crippen LogP contribution in [0, 0.1) is 6.92 Å². The Morgan fingerprint density at radius 2 is 2.20 bits per heavy atom. The number of hydrogen-bond acceptors (Lipinski definition) is 4. The van der Waals surface area contributed by atoms with Crippen LogP contribution in [0.2, 0.25) is 0 Å². The number of nitrogens with zero attached hydrogens (tertiary/aromatic N) is 3. The van der Waals surface area contributed by atoms with Crippen LogP contribution in [0.4, 0.5) is 5.82 Å². The first-order chi connectivity index (χ1) is 9.40. The lowest BCUT2D eigenvalue weighted by atomic mass is 10.2. The minimum Gasteiger partial charge on any atom is -0.368 e. The van der Waals surface area contributed by atoms with Crippen molar-refractivity contribution >= 4 is 11.7 Å². The molecular formula is C14H25N5O. The van der Waals surface area contributed by atoms with Gasteiger partial charge in [0.15, 0.2) is 0 Å². The summed E-state index contributed by atoms with van der Waals surface area (Å²) in [6.45, 7) is 7.14. The van der Waals surface area contributed by atoms with Crippen LogP contribution in [-0.4, -0.2) is 34.3 Å². The average molecular weight is 279 g/mol.